The number of hydrogen-bond acceptors (Lipinski definition) is 6. The molecule has 2 amide bonds. The Balaban J connectivity index is 1.86. The molecule has 0 saturated carbocycles. The minimum atomic E-state index is -0.463. The third kappa shape index (κ3) is 5.18. The molecular weight excluding hydrogens is 372 g/mol. The van der Waals surface area contributed by atoms with Gasteiger partial charge in [-0.1, -0.05) is 6.07 Å². The lowest BCUT2D eigenvalue weighted by Crippen LogP contribution is -2.33. The highest BCUT2D eigenvalue weighted by molar-refractivity contribution is 6.07. The van der Waals surface area contributed by atoms with Crippen LogP contribution in [0, 0.1) is 18.3 Å². The zero-order chi connectivity index (χ0) is 20.8. The molecule has 2 atom stereocenters. The topological polar surface area (TPSA) is 122 Å². The summed E-state index contributed by atoms with van der Waals surface area (Å²) >= 11 is 0. The van der Waals surface area contributed by atoms with Gasteiger partial charge >= 0.3 is 0 Å². The number of nitrogens with zero attached hydrogens (tertiary/aromatic N) is 4. The molecule has 3 heterocycles. The number of anilines is 1. The Morgan fingerprint density at radius 2 is 2.21 bits per heavy atom. The second-order valence-electron chi connectivity index (χ2n) is 7.05. The van der Waals surface area contributed by atoms with Gasteiger partial charge in [0.1, 0.15) is 11.9 Å². The lowest BCUT2D eigenvalue weighted by molar-refractivity contribution is -0.0395. The van der Waals surface area contributed by atoms with Crippen LogP contribution in [0.15, 0.2) is 24.4 Å². The molecule has 0 aromatic carbocycles. The summed E-state index contributed by atoms with van der Waals surface area (Å²) in [5.41, 5.74) is 1.31. The molecule has 1 aliphatic rings. The number of aromatic nitrogens is 3. The first kappa shape index (κ1) is 20.5. The molecule has 1 fully saturated rings. The summed E-state index contributed by atoms with van der Waals surface area (Å²) in [6.07, 6.45) is 4.26. The van der Waals surface area contributed by atoms with Crippen molar-refractivity contribution in [1.82, 2.24) is 20.1 Å². The molecule has 9 nitrogen and oxygen atoms in total. The van der Waals surface area contributed by atoms with Crippen molar-refractivity contribution in [3.63, 3.8) is 0 Å². The van der Waals surface area contributed by atoms with E-state index in [1.165, 1.54) is 0 Å². The lowest BCUT2D eigenvalue weighted by Gasteiger charge is -2.22. The number of aryl methyl sites for hydroxylation is 1. The molecule has 0 bridgehead atoms. The van der Waals surface area contributed by atoms with Gasteiger partial charge in [-0.25, -0.2) is 9.67 Å². The molecule has 1 aliphatic heterocycles. The van der Waals surface area contributed by atoms with Gasteiger partial charge in [-0.15, -0.1) is 0 Å². The van der Waals surface area contributed by atoms with Crippen molar-refractivity contribution in [2.45, 2.75) is 51.8 Å². The Morgan fingerprint density at radius 3 is 2.90 bits per heavy atom. The molecule has 1 unspecified atom stereocenters. The number of nitrogens with one attached hydrogen (secondary N) is 2. The van der Waals surface area contributed by atoms with E-state index in [0.717, 1.165) is 19.3 Å². The Hall–Kier alpha value is -3.25. The minimum Gasteiger partial charge on any atom is -0.357 e. The lowest BCUT2D eigenvalue weighted by atomic mass is 10.2. The van der Waals surface area contributed by atoms with E-state index in [2.05, 4.69) is 20.7 Å². The molecule has 2 aromatic rings. The number of ether oxygens (including phenoxy) is 1. The number of hydrogen-bond donors (Lipinski definition) is 2. The predicted octanol–water partition coefficient (Wildman–Crippen LogP) is 2.57. The van der Waals surface area contributed by atoms with Gasteiger partial charge in [0.05, 0.1) is 24.4 Å². The van der Waals surface area contributed by atoms with E-state index in [9.17, 15) is 9.59 Å². The number of rotatable bonds is 6. The second-order valence-corrected chi connectivity index (χ2v) is 7.05. The van der Waals surface area contributed by atoms with Crippen LogP contribution in [0.25, 0.3) is 0 Å². The zero-order valence-corrected chi connectivity index (χ0v) is 16.5. The van der Waals surface area contributed by atoms with Crippen molar-refractivity contribution in [2.75, 3.05) is 11.9 Å². The van der Waals surface area contributed by atoms with Gasteiger partial charge in [-0.05, 0) is 45.2 Å². The number of amides is 2. The molecule has 2 aromatic heterocycles. The van der Waals surface area contributed by atoms with Crippen LogP contribution in [0.1, 0.15) is 65.5 Å². The summed E-state index contributed by atoms with van der Waals surface area (Å²) in [7, 11) is 0. The largest absolute Gasteiger partial charge is 0.357 e. The van der Waals surface area contributed by atoms with E-state index in [4.69, 9.17) is 10.00 Å². The van der Waals surface area contributed by atoms with Gasteiger partial charge in [-0.3, -0.25) is 9.59 Å². The Kier molecular flexibility index (Phi) is 6.57. The van der Waals surface area contributed by atoms with E-state index >= 15 is 0 Å². The maximum atomic E-state index is 12.7. The van der Waals surface area contributed by atoms with Crippen LogP contribution in [0.4, 0.5) is 5.69 Å². The molecule has 3 rings (SSSR count). The second kappa shape index (κ2) is 9.30. The van der Waals surface area contributed by atoms with Crippen LogP contribution in [0.3, 0.4) is 0 Å². The molecule has 1 saturated heterocycles. The van der Waals surface area contributed by atoms with E-state index in [-0.39, 0.29) is 35.8 Å². The van der Waals surface area contributed by atoms with Gasteiger partial charge < -0.3 is 15.4 Å². The van der Waals surface area contributed by atoms with Crippen LogP contribution in [0.2, 0.25) is 0 Å². The van der Waals surface area contributed by atoms with Gasteiger partial charge in [-0.2, -0.15) is 10.4 Å². The van der Waals surface area contributed by atoms with E-state index in [1.54, 1.807) is 42.9 Å². The Labute approximate surface area is 169 Å². The fourth-order valence-electron chi connectivity index (χ4n) is 3.07. The molecule has 2 N–H and O–H groups in total. The van der Waals surface area contributed by atoms with Gasteiger partial charge in [0, 0.05) is 18.3 Å². The summed E-state index contributed by atoms with van der Waals surface area (Å²) in [6, 6.07) is 6.82. The predicted molar refractivity (Wildman–Crippen MR) is 105 cm³/mol. The monoisotopic (exact) mass is 396 g/mol. The highest BCUT2D eigenvalue weighted by Gasteiger charge is 2.25. The molecule has 29 heavy (non-hydrogen) atoms. The highest BCUT2D eigenvalue weighted by atomic mass is 16.5. The summed E-state index contributed by atoms with van der Waals surface area (Å²) in [6.45, 7) is 4.15. The van der Waals surface area contributed by atoms with E-state index < -0.39 is 11.8 Å². The first-order valence-corrected chi connectivity index (χ1v) is 9.61. The molecular formula is C20H24N6O3. The molecule has 0 aliphatic carbocycles. The van der Waals surface area contributed by atoms with E-state index in [1.807, 2.05) is 6.07 Å². The smallest absolute Gasteiger partial charge is 0.274 e. The van der Waals surface area contributed by atoms with Gasteiger partial charge in [0.15, 0.2) is 5.69 Å². The van der Waals surface area contributed by atoms with E-state index in [0.29, 0.717) is 12.3 Å². The van der Waals surface area contributed by atoms with Crippen molar-refractivity contribution in [3.8, 4) is 6.07 Å². The SMILES string of the molecule is Cc1cccc(C(=O)Nc2cn(C3CCCCO3)nc2C(=O)N[C@H](C)CC#N)n1. The fraction of sp³-hybridized carbons (Fsp3) is 0.450. The molecule has 0 spiro atoms. The van der Waals surface area contributed by atoms with Crippen LogP contribution in [-0.4, -0.2) is 39.2 Å². The molecule has 0 radical (unpaired) electrons. The van der Waals surface area contributed by atoms with Crippen LogP contribution < -0.4 is 10.6 Å². The zero-order valence-electron chi connectivity index (χ0n) is 16.5. The van der Waals surface area contributed by atoms with Gasteiger partial charge in [0.2, 0.25) is 0 Å². The van der Waals surface area contributed by atoms with Crippen molar-refractivity contribution >= 4 is 17.5 Å². The summed E-state index contributed by atoms with van der Waals surface area (Å²) < 4.78 is 7.31. The Bertz CT molecular complexity index is 927. The fourth-order valence-corrected chi connectivity index (χ4v) is 3.07. The maximum absolute atomic E-state index is 12.7. The highest BCUT2D eigenvalue weighted by Crippen LogP contribution is 2.25. The maximum Gasteiger partial charge on any atom is 0.274 e. The third-order valence-corrected chi connectivity index (χ3v) is 4.54. The number of pyridine rings is 1. The number of nitriles is 1. The average molecular weight is 396 g/mol. The number of carbonyl (C=O) groups excluding carboxylic acids is 2. The average Bonchev–Trinajstić information content (AvgIpc) is 3.13. The van der Waals surface area contributed by atoms with Crippen LogP contribution in [-0.2, 0) is 4.74 Å². The standard InChI is InChI=1S/C20H24N6O3/c1-13-6-5-7-15(22-13)19(27)24-16-12-26(17-8-3-4-11-29-17)25-18(16)20(28)23-14(2)9-10-21/h5-7,12,14,17H,3-4,8-9,11H2,1-2H3,(H,23,28)(H,24,27)/t14-,17?/m1/s1. The number of carbonyl (C=O) groups is 2. The van der Waals surface area contributed by atoms with Crippen molar-refractivity contribution < 1.29 is 14.3 Å². The third-order valence-electron chi connectivity index (χ3n) is 4.54. The summed E-state index contributed by atoms with van der Waals surface area (Å²) in [4.78, 5) is 29.6. The quantitative estimate of drug-likeness (QED) is 0.774. The summed E-state index contributed by atoms with van der Waals surface area (Å²) in [5, 5.41) is 18.7. The van der Waals surface area contributed by atoms with Gasteiger partial charge in [0.25, 0.3) is 11.8 Å². The van der Waals surface area contributed by atoms with Crippen molar-refractivity contribution in [2.24, 2.45) is 0 Å². The minimum absolute atomic E-state index is 0.0740. The van der Waals surface area contributed by atoms with Crippen LogP contribution in [0.5, 0.6) is 0 Å². The van der Waals surface area contributed by atoms with Crippen LogP contribution >= 0.6 is 0 Å². The van der Waals surface area contributed by atoms with Crippen molar-refractivity contribution in [1.29, 1.82) is 5.26 Å². The molecule has 152 valence electrons. The summed E-state index contributed by atoms with van der Waals surface area (Å²) in [5.74, 6) is -0.897. The Morgan fingerprint density at radius 1 is 1.38 bits per heavy atom. The molecule has 9 heteroatoms. The van der Waals surface area contributed by atoms with Crippen molar-refractivity contribution in [3.05, 3.63) is 41.5 Å². The first-order chi connectivity index (χ1) is 14.0. The first-order valence-electron chi connectivity index (χ1n) is 9.61. The normalized spacial score (nSPS) is 17.2.